The molecule has 132 valence electrons. The van der Waals surface area contributed by atoms with Crippen LogP contribution < -0.4 is 5.73 Å². The normalized spacial score (nSPS) is 20.0. The molecule has 25 heavy (non-hydrogen) atoms. The number of amides is 1. The lowest BCUT2D eigenvalue weighted by Gasteiger charge is -2.25. The van der Waals surface area contributed by atoms with E-state index in [4.69, 9.17) is 5.73 Å². The summed E-state index contributed by atoms with van der Waals surface area (Å²) in [5.74, 6) is 0.256. The Bertz CT molecular complexity index is 713. The Morgan fingerprint density at radius 3 is 2.56 bits per heavy atom. The van der Waals surface area contributed by atoms with Gasteiger partial charge < -0.3 is 10.6 Å². The third-order valence-corrected chi connectivity index (χ3v) is 5.43. The average Bonchev–Trinajstić information content (AvgIpc) is 3.03. The molecule has 0 aromatic heterocycles. The fraction of sp³-hybridized carbons (Fsp3) is 0.409. The molecule has 0 spiro atoms. The maximum atomic E-state index is 12.6. The first kappa shape index (κ1) is 17.5. The Morgan fingerprint density at radius 2 is 1.80 bits per heavy atom. The fourth-order valence-electron chi connectivity index (χ4n) is 3.69. The van der Waals surface area contributed by atoms with Gasteiger partial charge >= 0.3 is 0 Å². The number of carbonyl (C=O) groups is 1. The van der Waals surface area contributed by atoms with Crippen LogP contribution in [-0.2, 0) is 17.6 Å². The maximum Gasteiger partial charge on any atom is 0.222 e. The van der Waals surface area contributed by atoms with Gasteiger partial charge in [-0.05, 0) is 48.3 Å². The fourth-order valence-corrected chi connectivity index (χ4v) is 3.69. The van der Waals surface area contributed by atoms with Crippen molar-refractivity contribution in [2.24, 2.45) is 5.41 Å². The molecule has 0 radical (unpaired) electrons. The van der Waals surface area contributed by atoms with Gasteiger partial charge in [0.2, 0.25) is 5.91 Å². The quantitative estimate of drug-likeness (QED) is 0.808. The van der Waals surface area contributed by atoms with Crippen molar-refractivity contribution in [1.82, 2.24) is 4.90 Å². The summed E-state index contributed by atoms with van der Waals surface area (Å²) >= 11 is 0. The number of aryl methyl sites for hydroxylation is 2. The molecule has 3 rings (SSSR count). The molecule has 1 saturated heterocycles. The lowest BCUT2D eigenvalue weighted by molar-refractivity contribution is -0.130. The largest absolute Gasteiger partial charge is 0.399 e. The summed E-state index contributed by atoms with van der Waals surface area (Å²) in [5.41, 5.74) is 9.44. The second-order valence-corrected chi connectivity index (χ2v) is 7.56. The number of benzene rings is 2. The molecule has 1 fully saturated rings. The molecule has 0 saturated carbocycles. The number of carbonyl (C=O) groups excluding carboxylic acids is 1. The predicted molar refractivity (Wildman–Crippen MR) is 103 cm³/mol. The zero-order valence-corrected chi connectivity index (χ0v) is 15.1. The van der Waals surface area contributed by atoms with Crippen LogP contribution in [0.2, 0.25) is 0 Å². The van der Waals surface area contributed by atoms with Gasteiger partial charge in [0.1, 0.15) is 0 Å². The molecule has 2 N–H and O–H groups in total. The summed E-state index contributed by atoms with van der Waals surface area (Å²) in [6.45, 7) is 4.08. The number of nitrogens with zero attached hydrogens (tertiary/aromatic N) is 1. The van der Waals surface area contributed by atoms with Crippen molar-refractivity contribution in [3.8, 4) is 0 Å². The minimum absolute atomic E-state index is 0.233. The SMILES string of the molecule is CC1(CCc2ccccc2)CCN(C(=O)CCc2ccccc2N)C1. The van der Waals surface area contributed by atoms with Gasteiger partial charge in [0, 0.05) is 25.2 Å². The van der Waals surface area contributed by atoms with E-state index in [9.17, 15) is 4.79 Å². The summed E-state index contributed by atoms with van der Waals surface area (Å²) in [6, 6.07) is 18.4. The van der Waals surface area contributed by atoms with Gasteiger partial charge in [0.25, 0.3) is 0 Å². The number of likely N-dealkylation sites (tertiary alicyclic amines) is 1. The molecule has 1 atom stereocenters. The number of anilines is 1. The van der Waals surface area contributed by atoms with E-state index in [1.54, 1.807) is 0 Å². The predicted octanol–water partition coefficient (Wildman–Crippen LogP) is 4.07. The van der Waals surface area contributed by atoms with Crippen LogP contribution in [0.5, 0.6) is 0 Å². The second-order valence-electron chi connectivity index (χ2n) is 7.56. The van der Waals surface area contributed by atoms with E-state index >= 15 is 0 Å². The minimum atomic E-state index is 0.233. The highest BCUT2D eigenvalue weighted by Gasteiger charge is 2.35. The number of rotatable bonds is 6. The lowest BCUT2D eigenvalue weighted by Crippen LogP contribution is -2.31. The van der Waals surface area contributed by atoms with Crippen LogP contribution in [-0.4, -0.2) is 23.9 Å². The summed E-state index contributed by atoms with van der Waals surface area (Å²) < 4.78 is 0. The molecule has 1 unspecified atom stereocenters. The Kier molecular flexibility index (Phi) is 5.42. The third kappa shape index (κ3) is 4.62. The molecule has 1 amide bonds. The number of nitrogen functional groups attached to an aromatic ring is 1. The zero-order chi connectivity index (χ0) is 17.7. The highest BCUT2D eigenvalue weighted by molar-refractivity contribution is 5.77. The topological polar surface area (TPSA) is 46.3 Å². The minimum Gasteiger partial charge on any atom is -0.399 e. The number of para-hydroxylation sites is 1. The average molecular weight is 336 g/mol. The molecule has 0 aliphatic carbocycles. The van der Waals surface area contributed by atoms with Gasteiger partial charge in [-0.15, -0.1) is 0 Å². The van der Waals surface area contributed by atoms with Crippen molar-refractivity contribution in [2.45, 2.75) is 39.0 Å². The number of hydrogen-bond acceptors (Lipinski definition) is 2. The van der Waals surface area contributed by atoms with E-state index in [0.29, 0.717) is 6.42 Å². The van der Waals surface area contributed by atoms with E-state index in [0.717, 1.165) is 50.0 Å². The van der Waals surface area contributed by atoms with Gasteiger partial charge in [-0.1, -0.05) is 55.5 Å². The smallest absolute Gasteiger partial charge is 0.222 e. The van der Waals surface area contributed by atoms with Crippen molar-refractivity contribution < 1.29 is 4.79 Å². The van der Waals surface area contributed by atoms with Crippen LogP contribution >= 0.6 is 0 Å². The van der Waals surface area contributed by atoms with E-state index in [-0.39, 0.29) is 11.3 Å². The molecule has 2 aromatic carbocycles. The van der Waals surface area contributed by atoms with Gasteiger partial charge in [0.15, 0.2) is 0 Å². The van der Waals surface area contributed by atoms with Crippen molar-refractivity contribution in [3.63, 3.8) is 0 Å². The van der Waals surface area contributed by atoms with Gasteiger partial charge in [-0.2, -0.15) is 0 Å². The molecule has 1 aliphatic heterocycles. The monoisotopic (exact) mass is 336 g/mol. The van der Waals surface area contributed by atoms with Crippen molar-refractivity contribution in [1.29, 1.82) is 0 Å². The number of hydrogen-bond donors (Lipinski definition) is 1. The van der Waals surface area contributed by atoms with Crippen LogP contribution in [0.4, 0.5) is 5.69 Å². The maximum absolute atomic E-state index is 12.6. The van der Waals surface area contributed by atoms with E-state index < -0.39 is 0 Å². The molecule has 1 aliphatic rings. The number of nitrogens with two attached hydrogens (primary N) is 1. The van der Waals surface area contributed by atoms with Crippen LogP contribution in [0.1, 0.15) is 37.3 Å². The molecule has 1 heterocycles. The summed E-state index contributed by atoms with van der Waals surface area (Å²) in [7, 11) is 0. The Labute approximate surface area is 150 Å². The summed E-state index contributed by atoms with van der Waals surface area (Å²) in [6.07, 6.45) is 4.58. The third-order valence-electron chi connectivity index (χ3n) is 5.43. The Hall–Kier alpha value is -2.29. The van der Waals surface area contributed by atoms with Crippen LogP contribution in [0.15, 0.2) is 54.6 Å². The highest BCUT2D eigenvalue weighted by atomic mass is 16.2. The first-order valence-electron chi connectivity index (χ1n) is 9.21. The van der Waals surface area contributed by atoms with Crippen LogP contribution in [0.3, 0.4) is 0 Å². The van der Waals surface area contributed by atoms with E-state index in [2.05, 4.69) is 37.3 Å². The standard InChI is InChI=1S/C22H28N2O/c1-22(14-13-18-7-3-2-4-8-18)15-16-24(17-22)21(25)12-11-19-9-5-6-10-20(19)23/h2-10H,11-17,23H2,1H3. The Balaban J connectivity index is 1.49. The lowest BCUT2D eigenvalue weighted by atomic mass is 9.83. The van der Waals surface area contributed by atoms with Crippen molar-refractivity contribution >= 4 is 11.6 Å². The Morgan fingerprint density at radius 1 is 1.08 bits per heavy atom. The van der Waals surface area contributed by atoms with Gasteiger partial charge in [-0.25, -0.2) is 0 Å². The molecule has 0 bridgehead atoms. The molecule has 3 heteroatoms. The van der Waals surface area contributed by atoms with E-state index in [1.165, 1.54) is 5.56 Å². The van der Waals surface area contributed by atoms with E-state index in [1.807, 2.05) is 29.2 Å². The first-order chi connectivity index (χ1) is 12.1. The molecule has 2 aromatic rings. The van der Waals surface area contributed by atoms with Crippen LogP contribution in [0, 0.1) is 5.41 Å². The highest BCUT2D eigenvalue weighted by Crippen LogP contribution is 2.35. The first-order valence-corrected chi connectivity index (χ1v) is 9.21. The summed E-state index contributed by atoms with van der Waals surface area (Å²) in [4.78, 5) is 14.6. The zero-order valence-electron chi connectivity index (χ0n) is 15.1. The van der Waals surface area contributed by atoms with Crippen LogP contribution in [0.25, 0.3) is 0 Å². The second kappa shape index (κ2) is 7.73. The van der Waals surface area contributed by atoms with Crippen molar-refractivity contribution in [2.75, 3.05) is 18.8 Å². The van der Waals surface area contributed by atoms with Crippen molar-refractivity contribution in [3.05, 3.63) is 65.7 Å². The molecular weight excluding hydrogens is 308 g/mol. The van der Waals surface area contributed by atoms with Gasteiger partial charge in [-0.3, -0.25) is 4.79 Å². The van der Waals surface area contributed by atoms with Gasteiger partial charge in [0.05, 0.1) is 0 Å². The molecule has 3 nitrogen and oxygen atoms in total. The summed E-state index contributed by atoms with van der Waals surface area (Å²) in [5, 5.41) is 0. The molecular formula is C22H28N2O.